The Labute approximate surface area is 151 Å². The topological polar surface area (TPSA) is 92.7 Å². The summed E-state index contributed by atoms with van der Waals surface area (Å²) in [5.74, 6) is 1.26. The van der Waals surface area contributed by atoms with E-state index in [1.807, 2.05) is 10.6 Å². The lowest BCUT2D eigenvalue weighted by Gasteiger charge is -2.37. The normalized spacial score (nSPS) is 14.8. The number of nitrogens with zero attached hydrogens (tertiary/aromatic N) is 6. The summed E-state index contributed by atoms with van der Waals surface area (Å²) in [6.45, 7) is 5.21. The van der Waals surface area contributed by atoms with Gasteiger partial charge in [-0.2, -0.15) is 9.61 Å². The molecular weight excluding hydrogens is 330 g/mol. The largest absolute Gasteiger partial charge is 0.365 e. The first kappa shape index (κ1) is 16.3. The molecule has 1 saturated heterocycles. The van der Waals surface area contributed by atoms with Crippen LogP contribution in [0.4, 0.5) is 11.6 Å². The Morgan fingerprint density at radius 1 is 1.15 bits per heavy atom. The van der Waals surface area contributed by atoms with Crippen molar-refractivity contribution in [2.24, 2.45) is 5.73 Å². The van der Waals surface area contributed by atoms with E-state index in [0.717, 1.165) is 49.8 Å². The van der Waals surface area contributed by atoms with Gasteiger partial charge in [-0.3, -0.25) is 4.79 Å². The van der Waals surface area contributed by atoms with Gasteiger partial charge in [-0.25, -0.2) is 9.97 Å². The summed E-state index contributed by atoms with van der Waals surface area (Å²) < 4.78 is 1.88. The number of hydrogen-bond acceptors (Lipinski definition) is 6. The number of nitrogens with two attached hydrogens (primary N) is 1. The molecule has 0 radical (unpaired) electrons. The second-order valence-electron chi connectivity index (χ2n) is 6.27. The molecule has 0 unspecified atom stereocenters. The van der Waals surface area contributed by atoms with Gasteiger partial charge in [0.05, 0.1) is 11.8 Å². The fourth-order valence-corrected chi connectivity index (χ4v) is 3.34. The summed E-state index contributed by atoms with van der Waals surface area (Å²) in [5.41, 5.74) is 7.87. The van der Waals surface area contributed by atoms with E-state index in [1.165, 1.54) is 0 Å². The maximum atomic E-state index is 11.7. The number of amides is 1. The summed E-state index contributed by atoms with van der Waals surface area (Å²) in [6.07, 6.45) is 4.34. The number of carbonyl (C=O) groups is 1. The predicted octanol–water partition coefficient (Wildman–Crippen LogP) is 1.11. The molecule has 1 aliphatic rings. The zero-order valence-corrected chi connectivity index (χ0v) is 14.7. The molecule has 0 aromatic carbocycles. The van der Waals surface area contributed by atoms with Gasteiger partial charge in [0.15, 0.2) is 5.65 Å². The van der Waals surface area contributed by atoms with Crippen LogP contribution in [-0.2, 0) is 6.42 Å². The van der Waals surface area contributed by atoms with E-state index in [-0.39, 0.29) is 0 Å². The molecule has 0 bridgehead atoms. The molecule has 1 fully saturated rings. The second kappa shape index (κ2) is 6.62. The van der Waals surface area contributed by atoms with Crippen molar-refractivity contribution in [2.45, 2.75) is 13.3 Å². The monoisotopic (exact) mass is 351 g/mol. The minimum Gasteiger partial charge on any atom is -0.365 e. The van der Waals surface area contributed by atoms with Crippen molar-refractivity contribution in [3.63, 3.8) is 0 Å². The van der Waals surface area contributed by atoms with Gasteiger partial charge in [-0.1, -0.05) is 6.92 Å². The zero-order valence-electron chi connectivity index (χ0n) is 14.7. The molecule has 0 atom stereocenters. The van der Waals surface area contributed by atoms with Crippen LogP contribution < -0.4 is 15.5 Å². The first-order valence-electron chi connectivity index (χ1n) is 8.75. The van der Waals surface area contributed by atoms with Crippen LogP contribution in [0, 0.1) is 0 Å². The van der Waals surface area contributed by atoms with Gasteiger partial charge >= 0.3 is 0 Å². The van der Waals surface area contributed by atoms with Gasteiger partial charge in [0.1, 0.15) is 11.6 Å². The summed E-state index contributed by atoms with van der Waals surface area (Å²) in [5, 5.41) is 4.41. The number of primary amides is 1. The SMILES string of the molecule is CCc1cc(N2CCN(c3ncccc3C(N)=O)CC2)n2nccc2n1. The van der Waals surface area contributed by atoms with E-state index in [4.69, 9.17) is 5.73 Å². The Kier molecular flexibility index (Phi) is 4.16. The lowest BCUT2D eigenvalue weighted by Crippen LogP contribution is -2.48. The van der Waals surface area contributed by atoms with Crippen molar-refractivity contribution >= 4 is 23.2 Å². The second-order valence-corrected chi connectivity index (χ2v) is 6.27. The third-order valence-electron chi connectivity index (χ3n) is 4.71. The van der Waals surface area contributed by atoms with E-state index in [9.17, 15) is 4.79 Å². The number of pyridine rings is 1. The highest BCUT2D eigenvalue weighted by Crippen LogP contribution is 2.23. The smallest absolute Gasteiger partial charge is 0.252 e. The third kappa shape index (κ3) is 2.83. The third-order valence-corrected chi connectivity index (χ3v) is 4.71. The summed E-state index contributed by atoms with van der Waals surface area (Å²) in [7, 11) is 0. The Balaban J connectivity index is 1.58. The number of aromatic nitrogens is 4. The van der Waals surface area contributed by atoms with Crippen LogP contribution in [0.5, 0.6) is 0 Å². The Bertz CT molecular complexity index is 944. The van der Waals surface area contributed by atoms with E-state index in [0.29, 0.717) is 11.4 Å². The molecule has 134 valence electrons. The van der Waals surface area contributed by atoms with Gasteiger partial charge in [0.2, 0.25) is 0 Å². The van der Waals surface area contributed by atoms with Gasteiger partial charge in [0.25, 0.3) is 5.91 Å². The quantitative estimate of drug-likeness (QED) is 0.757. The highest BCUT2D eigenvalue weighted by molar-refractivity contribution is 5.97. The van der Waals surface area contributed by atoms with Crippen LogP contribution in [0.15, 0.2) is 36.7 Å². The van der Waals surface area contributed by atoms with E-state index in [2.05, 4.69) is 37.9 Å². The van der Waals surface area contributed by atoms with Crippen LogP contribution >= 0.6 is 0 Å². The van der Waals surface area contributed by atoms with E-state index >= 15 is 0 Å². The van der Waals surface area contributed by atoms with Crippen LogP contribution in [0.1, 0.15) is 23.0 Å². The van der Waals surface area contributed by atoms with Crippen molar-refractivity contribution in [1.82, 2.24) is 19.6 Å². The average Bonchev–Trinajstić information content (AvgIpc) is 3.16. The first-order valence-corrected chi connectivity index (χ1v) is 8.75. The lowest BCUT2D eigenvalue weighted by molar-refractivity contribution is 0.100. The lowest BCUT2D eigenvalue weighted by atomic mass is 10.2. The summed E-state index contributed by atoms with van der Waals surface area (Å²) in [4.78, 5) is 25.0. The highest BCUT2D eigenvalue weighted by Gasteiger charge is 2.23. The molecule has 26 heavy (non-hydrogen) atoms. The minimum atomic E-state index is -0.449. The Hall–Kier alpha value is -3.16. The molecule has 3 aromatic heterocycles. The molecule has 0 saturated carbocycles. The number of carbonyl (C=O) groups excluding carboxylic acids is 1. The number of rotatable bonds is 4. The molecule has 8 nitrogen and oxygen atoms in total. The zero-order chi connectivity index (χ0) is 18.1. The molecule has 1 amide bonds. The molecule has 4 heterocycles. The Morgan fingerprint density at radius 2 is 1.92 bits per heavy atom. The molecule has 4 rings (SSSR count). The standard InChI is InChI=1S/C18H21N7O/c1-2-13-12-16(25-15(22-13)5-7-21-25)23-8-10-24(11-9-23)18-14(17(19)26)4-3-6-20-18/h3-7,12H,2,8-11H2,1H3,(H2,19,26). The van der Waals surface area contributed by atoms with Crippen LogP contribution in [-0.4, -0.2) is 51.7 Å². The van der Waals surface area contributed by atoms with Gasteiger partial charge in [-0.15, -0.1) is 0 Å². The van der Waals surface area contributed by atoms with Crippen molar-refractivity contribution in [3.05, 3.63) is 47.9 Å². The average molecular weight is 351 g/mol. The fraction of sp³-hybridized carbons (Fsp3) is 0.333. The van der Waals surface area contributed by atoms with Crippen LogP contribution in [0.25, 0.3) is 5.65 Å². The van der Waals surface area contributed by atoms with Gasteiger partial charge in [-0.05, 0) is 18.6 Å². The molecule has 0 spiro atoms. The van der Waals surface area contributed by atoms with Gasteiger partial charge in [0, 0.05) is 50.2 Å². The predicted molar refractivity (Wildman–Crippen MR) is 99.5 cm³/mol. The first-order chi connectivity index (χ1) is 12.7. The molecule has 1 aliphatic heterocycles. The van der Waals surface area contributed by atoms with E-state index < -0.39 is 5.91 Å². The maximum Gasteiger partial charge on any atom is 0.252 e. The minimum absolute atomic E-state index is 0.449. The maximum absolute atomic E-state index is 11.7. The van der Waals surface area contributed by atoms with Crippen LogP contribution in [0.2, 0.25) is 0 Å². The number of fused-ring (bicyclic) bond motifs is 1. The Morgan fingerprint density at radius 3 is 2.65 bits per heavy atom. The summed E-state index contributed by atoms with van der Waals surface area (Å²) >= 11 is 0. The van der Waals surface area contributed by atoms with Crippen molar-refractivity contribution in [1.29, 1.82) is 0 Å². The van der Waals surface area contributed by atoms with Crippen LogP contribution in [0.3, 0.4) is 0 Å². The number of hydrogen-bond donors (Lipinski definition) is 1. The molecular formula is C18H21N7O. The highest BCUT2D eigenvalue weighted by atomic mass is 16.1. The molecule has 3 aromatic rings. The van der Waals surface area contributed by atoms with E-state index in [1.54, 1.807) is 24.5 Å². The molecule has 0 aliphatic carbocycles. The number of anilines is 2. The van der Waals surface area contributed by atoms with Crippen molar-refractivity contribution < 1.29 is 4.79 Å². The van der Waals surface area contributed by atoms with Crippen molar-refractivity contribution in [2.75, 3.05) is 36.0 Å². The van der Waals surface area contributed by atoms with Gasteiger partial charge < -0.3 is 15.5 Å². The molecule has 2 N–H and O–H groups in total. The fourth-order valence-electron chi connectivity index (χ4n) is 3.34. The summed E-state index contributed by atoms with van der Waals surface area (Å²) in [6, 6.07) is 7.48. The number of aryl methyl sites for hydroxylation is 1. The molecule has 8 heteroatoms. The van der Waals surface area contributed by atoms with Crippen molar-refractivity contribution in [3.8, 4) is 0 Å². The number of piperazine rings is 1.